The zero-order valence-electron chi connectivity index (χ0n) is 11.4. The number of carbonyl (C=O) groups excluding carboxylic acids is 1. The summed E-state index contributed by atoms with van der Waals surface area (Å²) in [7, 11) is 0. The highest BCUT2D eigenvalue weighted by Gasteiger charge is 2.40. The lowest BCUT2D eigenvalue weighted by molar-refractivity contribution is -0.385. The Morgan fingerprint density at radius 2 is 2.29 bits per heavy atom. The first-order valence-corrected chi connectivity index (χ1v) is 7.81. The van der Waals surface area contributed by atoms with Gasteiger partial charge in [-0.25, -0.2) is 0 Å². The van der Waals surface area contributed by atoms with Crippen LogP contribution in [-0.2, 0) is 11.3 Å². The van der Waals surface area contributed by atoms with Gasteiger partial charge in [0.2, 0.25) is 5.91 Å². The van der Waals surface area contributed by atoms with Gasteiger partial charge in [-0.1, -0.05) is 12.1 Å². The van der Waals surface area contributed by atoms with E-state index in [4.69, 9.17) is 0 Å². The second-order valence-electron chi connectivity index (χ2n) is 5.54. The van der Waals surface area contributed by atoms with Crippen LogP contribution in [0.1, 0.15) is 18.4 Å². The fourth-order valence-electron chi connectivity index (χ4n) is 3.28. The zero-order valence-corrected chi connectivity index (χ0v) is 13.0. The first-order valence-electron chi connectivity index (χ1n) is 7.01. The Balaban J connectivity index is 1.82. The number of nitro groups is 1. The van der Waals surface area contributed by atoms with Gasteiger partial charge in [-0.3, -0.25) is 19.8 Å². The number of carbonyl (C=O) groups is 1. The summed E-state index contributed by atoms with van der Waals surface area (Å²) in [4.78, 5) is 24.7. The SMILES string of the molecule is O=C1NCC2C1CCCN2Cc1cccc([N+](=O)[O-])c1Br. The highest BCUT2D eigenvalue weighted by atomic mass is 79.9. The lowest BCUT2D eigenvalue weighted by Crippen LogP contribution is -2.44. The van der Waals surface area contributed by atoms with E-state index in [1.165, 1.54) is 6.07 Å². The van der Waals surface area contributed by atoms with Crippen molar-refractivity contribution in [2.75, 3.05) is 13.1 Å². The standard InChI is InChI=1S/C14H16BrN3O3/c15-13-9(3-1-5-11(13)18(20)21)8-17-6-2-4-10-12(17)7-16-14(10)19/h1,3,5,10,12H,2,4,6-8H2,(H,16,19). The van der Waals surface area contributed by atoms with Crippen molar-refractivity contribution in [1.29, 1.82) is 0 Å². The van der Waals surface area contributed by atoms with Gasteiger partial charge in [-0.05, 0) is 40.9 Å². The van der Waals surface area contributed by atoms with Crippen molar-refractivity contribution in [2.24, 2.45) is 5.92 Å². The predicted molar refractivity (Wildman–Crippen MR) is 80.7 cm³/mol. The van der Waals surface area contributed by atoms with E-state index in [9.17, 15) is 14.9 Å². The summed E-state index contributed by atoms with van der Waals surface area (Å²) in [6.07, 6.45) is 1.92. The maximum atomic E-state index is 11.8. The Kier molecular flexibility index (Phi) is 3.95. The van der Waals surface area contributed by atoms with E-state index >= 15 is 0 Å². The fraction of sp³-hybridized carbons (Fsp3) is 0.500. The van der Waals surface area contributed by atoms with Crippen LogP contribution in [0.5, 0.6) is 0 Å². The molecule has 1 aromatic rings. The van der Waals surface area contributed by atoms with E-state index in [0.29, 0.717) is 17.6 Å². The van der Waals surface area contributed by atoms with Crippen molar-refractivity contribution < 1.29 is 9.72 Å². The van der Waals surface area contributed by atoms with Gasteiger partial charge in [0.15, 0.2) is 0 Å². The summed E-state index contributed by atoms with van der Waals surface area (Å²) in [5.41, 5.74) is 0.978. The third-order valence-electron chi connectivity index (χ3n) is 4.34. The summed E-state index contributed by atoms with van der Waals surface area (Å²) in [6, 6.07) is 5.30. The quantitative estimate of drug-likeness (QED) is 0.666. The second kappa shape index (κ2) is 5.73. The molecule has 0 radical (unpaired) electrons. The van der Waals surface area contributed by atoms with E-state index < -0.39 is 0 Å². The van der Waals surface area contributed by atoms with Gasteiger partial charge in [0.25, 0.3) is 5.69 Å². The zero-order chi connectivity index (χ0) is 15.0. The number of rotatable bonds is 3. The number of piperidine rings is 1. The van der Waals surface area contributed by atoms with E-state index in [2.05, 4.69) is 26.1 Å². The molecule has 2 unspecified atom stereocenters. The Hall–Kier alpha value is -1.47. The first-order chi connectivity index (χ1) is 10.1. The number of hydrogen-bond acceptors (Lipinski definition) is 4. The van der Waals surface area contributed by atoms with E-state index in [-0.39, 0.29) is 28.5 Å². The maximum Gasteiger partial charge on any atom is 0.283 e. The molecule has 0 spiro atoms. The smallest absolute Gasteiger partial charge is 0.283 e. The Bertz CT molecular complexity index is 593. The van der Waals surface area contributed by atoms with Crippen LogP contribution in [0, 0.1) is 16.0 Å². The molecule has 0 saturated carbocycles. The molecule has 21 heavy (non-hydrogen) atoms. The van der Waals surface area contributed by atoms with Gasteiger partial charge in [-0.15, -0.1) is 0 Å². The third-order valence-corrected chi connectivity index (χ3v) is 5.26. The summed E-state index contributed by atoms with van der Waals surface area (Å²) in [6.45, 7) is 2.22. The number of likely N-dealkylation sites (tertiary alicyclic amines) is 1. The molecule has 2 fully saturated rings. The fourth-order valence-corrected chi connectivity index (χ4v) is 3.82. The molecule has 0 aromatic heterocycles. The summed E-state index contributed by atoms with van der Waals surface area (Å²) < 4.78 is 0.536. The van der Waals surface area contributed by atoms with E-state index in [1.54, 1.807) is 6.07 Å². The molecule has 3 rings (SSSR count). The normalized spacial score (nSPS) is 25.5. The summed E-state index contributed by atoms with van der Waals surface area (Å²) in [5.74, 6) is 0.207. The van der Waals surface area contributed by atoms with Crippen LogP contribution in [0.4, 0.5) is 5.69 Å². The molecule has 6 nitrogen and oxygen atoms in total. The lowest BCUT2D eigenvalue weighted by Gasteiger charge is -2.36. The molecular weight excluding hydrogens is 338 g/mol. The number of halogens is 1. The third kappa shape index (κ3) is 2.67. The topological polar surface area (TPSA) is 75.5 Å². The minimum Gasteiger partial charge on any atom is -0.354 e. The molecule has 1 aromatic carbocycles. The lowest BCUT2D eigenvalue weighted by atomic mass is 9.91. The molecule has 112 valence electrons. The largest absolute Gasteiger partial charge is 0.354 e. The Labute approximate surface area is 130 Å². The van der Waals surface area contributed by atoms with Crippen LogP contribution in [0.2, 0.25) is 0 Å². The molecule has 2 aliphatic heterocycles. The number of hydrogen-bond donors (Lipinski definition) is 1. The molecule has 0 aliphatic carbocycles. The molecule has 1 N–H and O–H groups in total. The number of nitrogens with one attached hydrogen (secondary N) is 1. The van der Waals surface area contributed by atoms with Crippen molar-refractivity contribution in [3.63, 3.8) is 0 Å². The molecular formula is C14H16BrN3O3. The molecule has 2 atom stereocenters. The van der Waals surface area contributed by atoms with E-state index in [0.717, 1.165) is 24.9 Å². The van der Waals surface area contributed by atoms with Gasteiger partial charge in [-0.2, -0.15) is 0 Å². The maximum absolute atomic E-state index is 11.8. The van der Waals surface area contributed by atoms with Gasteiger partial charge in [0.1, 0.15) is 0 Å². The number of fused-ring (bicyclic) bond motifs is 1. The molecule has 0 bridgehead atoms. The number of nitro benzene ring substituents is 1. The monoisotopic (exact) mass is 353 g/mol. The number of amides is 1. The van der Waals surface area contributed by atoms with Crippen molar-refractivity contribution in [1.82, 2.24) is 10.2 Å². The van der Waals surface area contributed by atoms with Crippen LogP contribution in [0.3, 0.4) is 0 Å². The van der Waals surface area contributed by atoms with Crippen molar-refractivity contribution in [2.45, 2.75) is 25.4 Å². The number of nitrogens with zero attached hydrogens (tertiary/aromatic N) is 2. The van der Waals surface area contributed by atoms with Crippen LogP contribution in [0.25, 0.3) is 0 Å². The summed E-state index contributed by atoms with van der Waals surface area (Å²) >= 11 is 3.34. The Morgan fingerprint density at radius 1 is 1.48 bits per heavy atom. The van der Waals surface area contributed by atoms with Crippen molar-refractivity contribution in [3.8, 4) is 0 Å². The minimum absolute atomic E-state index is 0.0659. The number of benzene rings is 1. The van der Waals surface area contributed by atoms with Crippen LogP contribution >= 0.6 is 15.9 Å². The molecule has 2 heterocycles. The molecule has 2 saturated heterocycles. The minimum atomic E-state index is -0.382. The molecule has 2 aliphatic rings. The first kappa shape index (κ1) is 14.5. The highest BCUT2D eigenvalue weighted by molar-refractivity contribution is 9.10. The average Bonchev–Trinajstić information content (AvgIpc) is 2.84. The highest BCUT2D eigenvalue weighted by Crippen LogP contribution is 2.33. The van der Waals surface area contributed by atoms with Crippen molar-refractivity contribution >= 4 is 27.5 Å². The van der Waals surface area contributed by atoms with Crippen LogP contribution in [0.15, 0.2) is 22.7 Å². The van der Waals surface area contributed by atoms with Crippen LogP contribution < -0.4 is 5.32 Å². The van der Waals surface area contributed by atoms with Gasteiger partial charge >= 0.3 is 0 Å². The summed E-state index contributed by atoms with van der Waals surface area (Å²) in [5, 5.41) is 13.9. The van der Waals surface area contributed by atoms with Gasteiger partial charge in [0, 0.05) is 25.2 Å². The Morgan fingerprint density at radius 3 is 3.05 bits per heavy atom. The average molecular weight is 354 g/mol. The van der Waals surface area contributed by atoms with Crippen molar-refractivity contribution in [3.05, 3.63) is 38.3 Å². The van der Waals surface area contributed by atoms with Gasteiger partial charge < -0.3 is 5.32 Å². The molecule has 1 amide bonds. The van der Waals surface area contributed by atoms with Crippen LogP contribution in [-0.4, -0.2) is 34.9 Å². The second-order valence-corrected chi connectivity index (χ2v) is 6.33. The molecule has 7 heteroatoms. The van der Waals surface area contributed by atoms with Gasteiger partial charge in [0.05, 0.1) is 15.3 Å². The predicted octanol–water partition coefficient (Wildman–Crippen LogP) is 2.07. The van der Waals surface area contributed by atoms with E-state index in [1.807, 2.05) is 6.07 Å².